The number of carbonyl (C=O) groups is 2. The molecule has 3 rings (SSSR count). The smallest absolute Gasteiger partial charge is 0.264 e. The van der Waals surface area contributed by atoms with E-state index in [1.54, 1.807) is 31.2 Å². The molecule has 42 heavy (non-hydrogen) atoms. The Morgan fingerprint density at radius 2 is 1.45 bits per heavy atom. The Morgan fingerprint density at radius 1 is 0.881 bits per heavy atom. The van der Waals surface area contributed by atoms with Crippen molar-refractivity contribution in [1.29, 1.82) is 0 Å². The van der Waals surface area contributed by atoms with Gasteiger partial charge in [-0.15, -0.1) is 0 Å². The van der Waals surface area contributed by atoms with Crippen LogP contribution < -0.4 is 19.1 Å². The van der Waals surface area contributed by atoms with Crippen LogP contribution in [0.2, 0.25) is 0 Å². The summed E-state index contributed by atoms with van der Waals surface area (Å²) in [7, 11) is -1.37. The molecule has 0 aliphatic carbocycles. The van der Waals surface area contributed by atoms with Gasteiger partial charge in [0.2, 0.25) is 11.8 Å². The van der Waals surface area contributed by atoms with Gasteiger partial charge in [0.25, 0.3) is 10.0 Å². The molecule has 0 saturated carbocycles. The maximum Gasteiger partial charge on any atom is 0.264 e. The molecule has 0 fully saturated rings. The van der Waals surface area contributed by atoms with Crippen molar-refractivity contribution in [2.45, 2.75) is 64.6 Å². The highest BCUT2D eigenvalue weighted by atomic mass is 32.2. The molecule has 2 amide bonds. The van der Waals surface area contributed by atoms with Crippen LogP contribution in [0.3, 0.4) is 0 Å². The molecule has 0 radical (unpaired) electrons. The fraction of sp³-hybridized carbons (Fsp3) is 0.375. The van der Waals surface area contributed by atoms with Crippen molar-refractivity contribution in [3.63, 3.8) is 0 Å². The van der Waals surface area contributed by atoms with E-state index in [4.69, 9.17) is 9.47 Å². The van der Waals surface area contributed by atoms with Crippen LogP contribution in [0.15, 0.2) is 71.6 Å². The minimum absolute atomic E-state index is 0.00869. The number of hydrogen-bond donors (Lipinski definition) is 1. The number of rotatable bonds is 11. The van der Waals surface area contributed by atoms with Crippen molar-refractivity contribution < 1.29 is 27.5 Å². The van der Waals surface area contributed by atoms with Gasteiger partial charge in [0.1, 0.15) is 24.1 Å². The van der Waals surface area contributed by atoms with Crippen LogP contribution in [-0.2, 0) is 26.2 Å². The Bertz CT molecular complexity index is 1500. The molecule has 1 atom stereocenters. The lowest BCUT2D eigenvalue weighted by atomic mass is 10.1. The van der Waals surface area contributed by atoms with E-state index in [2.05, 4.69) is 5.32 Å². The molecular formula is C32H41N3O6S. The molecule has 0 unspecified atom stereocenters. The highest BCUT2D eigenvalue weighted by Crippen LogP contribution is 2.36. The number of carbonyl (C=O) groups excluding carboxylic acids is 2. The van der Waals surface area contributed by atoms with Gasteiger partial charge in [0.15, 0.2) is 0 Å². The van der Waals surface area contributed by atoms with Crippen molar-refractivity contribution in [3.8, 4) is 11.5 Å². The summed E-state index contributed by atoms with van der Waals surface area (Å²) in [6.07, 6.45) is 0. The van der Waals surface area contributed by atoms with Crippen LogP contribution in [0.1, 0.15) is 44.4 Å². The van der Waals surface area contributed by atoms with E-state index in [0.717, 1.165) is 21.0 Å². The number of aryl methyl sites for hydroxylation is 2. The second-order valence-electron chi connectivity index (χ2n) is 11.3. The first kappa shape index (κ1) is 32.5. The molecule has 0 aliphatic heterocycles. The van der Waals surface area contributed by atoms with Gasteiger partial charge >= 0.3 is 0 Å². The van der Waals surface area contributed by atoms with E-state index in [-0.39, 0.29) is 28.8 Å². The SMILES string of the molecule is COc1ccc(OC)c(N(CC(=O)N(Cc2ccc(C)cc2)[C@H](C)C(=O)NC(C)(C)C)S(=O)(=O)c2ccc(C)cc2)c1. The van der Waals surface area contributed by atoms with Crippen molar-refractivity contribution in [3.05, 3.63) is 83.4 Å². The van der Waals surface area contributed by atoms with Crippen LogP contribution in [-0.4, -0.2) is 57.5 Å². The largest absolute Gasteiger partial charge is 0.497 e. The molecular weight excluding hydrogens is 554 g/mol. The number of anilines is 1. The number of benzene rings is 3. The molecule has 0 aromatic heterocycles. The summed E-state index contributed by atoms with van der Waals surface area (Å²) in [6, 6.07) is 17.8. The Kier molecular flexibility index (Phi) is 10.3. The molecule has 10 heteroatoms. The van der Waals surface area contributed by atoms with Crippen molar-refractivity contribution >= 4 is 27.5 Å². The average Bonchev–Trinajstić information content (AvgIpc) is 2.94. The van der Waals surface area contributed by atoms with Crippen LogP contribution in [0.25, 0.3) is 0 Å². The molecule has 0 saturated heterocycles. The zero-order valence-corrected chi connectivity index (χ0v) is 26.4. The van der Waals surface area contributed by atoms with E-state index in [1.807, 2.05) is 58.9 Å². The van der Waals surface area contributed by atoms with E-state index in [9.17, 15) is 18.0 Å². The molecule has 9 nitrogen and oxygen atoms in total. The third-order valence-corrected chi connectivity index (χ3v) is 8.46. The Balaban J connectivity index is 2.12. The first-order valence-electron chi connectivity index (χ1n) is 13.6. The highest BCUT2D eigenvalue weighted by Gasteiger charge is 2.34. The van der Waals surface area contributed by atoms with E-state index in [1.165, 1.54) is 37.3 Å². The van der Waals surface area contributed by atoms with Crippen LogP contribution >= 0.6 is 0 Å². The van der Waals surface area contributed by atoms with Crippen molar-refractivity contribution in [2.75, 3.05) is 25.1 Å². The van der Waals surface area contributed by atoms with Gasteiger partial charge in [-0.1, -0.05) is 47.5 Å². The number of hydrogen-bond acceptors (Lipinski definition) is 6. The minimum Gasteiger partial charge on any atom is -0.497 e. The first-order chi connectivity index (χ1) is 19.7. The van der Waals surface area contributed by atoms with E-state index in [0.29, 0.717) is 5.75 Å². The van der Waals surface area contributed by atoms with E-state index < -0.39 is 34.1 Å². The average molecular weight is 596 g/mol. The number of ether oxygens (including phenoxy) is 2. The van der Waals surface area contributed by atoms with Crippen molar-refractivity contribution in [2.24, 2.45) is 0 Å². The summed E-state index contributed by atoms with van der Waals surface area (Å²) >= 11 is 0. The Hall–Kier alpha value is -4.05. The zero-order chi connectivity index (χ0) is 31.2. The Morgan fingerprint density at radius 3 is 1.98 bits per heavy atom. The van der Waals surface area contributed by atoms with Crippen LogP contribution in [0, 0.1) is 13.8 Å². The second-order valence-corrected chi connectivity index (χ2v) is 13.1. The third-order valence-electron chi connectivity index (χ3n) is 6.68. The molecule has 0 heterocycles. The first-order valence-corrected chi connectivity index (χ1v) is 15.1. The predicted octanol–water partition coefficient (Wildman–Crippen LogP) is 4.85. The number of methoxy groups -OCH3 is 2. The number of nitrogens with zero attached hydrogens (tertiary/aromatic N) is 2. The summed E-state index contributed by atoms with van der Waals surface area (Å²) in [5, 5.41) is 2.93. The topological polar surface area (TPSA) is 105 Å². The Labute approximate surface area is 249 Å². The number of amides is 2. The minimum atomic E-state index is -4.26. The molecule has 0 spiro atoms. The number of sulfonamides is 1. The van der Waals surface area contributed by atoms with Gasteiger partial charge in [-0.25, -0.2) is 8.42 Å². The molecule has 3 aromatic rings. The van der Waals surface area contributed by atoms with Gasteiger partial charge in [-0.3, -0.25) is 13.9 Å². The van der Waals surface area contributed by atoms with E-state index >= 15 is 0 Å². The standard InChI is InChI=1S/C32H41N3O6S/c1-22-9-13-25(14-10-22)20-34(24(3)31(37)33-32(4,5)6)30(36)21-35(28-19-26(40-7)15-18-29(28)41-8)42(38,39)27-16-11-23(2)12-17-27/h9-19,24H,20-21H2,1-8H3,(H,33,37)/t24-/m1/s1. The van der Waals surface area contributed by atoms with Gasteiger partial charge in [0, 0.05) is 18.2 Å². The summed E-state index contributed by atoms with van der Waals surface area (Å²) in [5.74, 6) is -0.290. The maximum absolute atomic E-state index is 14.2. The summed E-state index contributed by atoms with van der Waals surface area (Å²) in [5.41, 5.74) is 2.34. The fourth-order valence-corrected chi connectivity index (χ4v) is 5.71. The zero-order valence-electron chi connectivity index (χ0n) is 25.6. The molecule has 1 N–H and O–H groups in total. The highest BCUT2D eigenvalue weighted by molar-refractivity contribution is 7.92. The molecule has 0 aliphatic rings. The van der Waals surface area contributed by atoms with Crippen molar-refractivity contribution in [1.82, 2.24) is 10.2 Å². The van der Waals surface area contributed by atoms with Gasteiger partial charge in [-0.05, 0) is 71.4 Å². The van der Waals surface area contributed by atoms with Gasteiger partial charge in [-0.2, -0.15) is 0 Å². The third kappa shape index (κ3) is 8.03. The second kappa shape index (κ2) is 13.3. The number of nitrogens with one attached hydrogen (secondary N) is 1. The lowest BCUT2D eigenvalue weighted by Crippen LogP contribution is -2.54. The normalized spacial score (nSPS) is 12.3. The lowest BCUT2D eigenvalue weighted by molar-refractivity contribution is -0.140. The van der Waals surface area contributed by atoms with Crippen LogP contribution in [0.5, 0.6) is 11.5 Å². The predicted molar refractivity (Wildman–Crippen MR) is 164 cm³/mol. The maximum atomic E-state index is 14.2. The van der Waals surface area contributed by atoms with Gasteiger partial charge < -0.3 is 19.7 Å². The van der Waals surface area contributed by atoms with Gasteiger partial charge in [0.05, 0.1) is 24.8 Å². The summed E-state index contributed by atoms with van der Waals surface area (Å²) in [6.45, 7) is 10.5. The lowest BCUT2D eigenvalue weighted by Gasteiger charge is -2.33. The molecule has 0 bridgehead atoms. The molecule has 3 aromatic carbocycles. The summed E-state index contributed by atoms with van der Waals surface area (Å²) in [4.78, 5) is 28.8. The quantitative estimate of drug-likeness (QED) is 0.340. The van der Waals surface area contributed by atoms with Crippen LogP contribution in [0.4, 0.5) is 5.69 Å². The fourth-order valence-electron chi connectivity index (χ4n) is 4.29. The molecule has 226 valence electrons. The monoisotopic (exact) mass is 595 g/mol. The summed E-state index contributed by atoms with van der Waals surface area (Å²) < 4.78 is 40.2.